The Kier molecular flexibility index (Phi) is 5.86. The number of hydrogen-bond acceptors (Lipinski definition) is 4. The molecule has 5 nitrogen and oxygen atoms in total. The predicted molar refractivity (Wildman–Crippen MR) is 129 cm³/mol. The summed E-state index contributed by atoms with van der Waals surface area (Å²) in [6.07, 6.45) is 3.17. The quantitative estimate of drug-likeness (QED) is 0.410. The van der Waals surface area contributed by atoms with Gasteiger partial charge < -0.3 is 10.1 Å². The molecule has 0 radical (unpaired) electrons. The lowest BCUT2D eigenvalue weighted by Gasteiger charge is -2.26. The van der Waals surface area contributed by atoms with Crippen molar-refractivity contribution in [1.29, 1.82) is 0 Å². The molecule has 3 aromatic carbocycles. The fourth-order valence-corrected chi connectivity index (χ4v) is 5.19. The monoisotopic (exact) mass is 443 g/mol. The molecule has 4 aromatic rings. The van der Waals surface area contributed by atoms with Gasteiger partial charge in [0.1, 0.15) is 5.75 Å². The zero-order valence-corrected chi connectivity index (χ0v) is 18.8. The van der Waals surface area contributed by atoms with Crippen LogP contribution < -0.4 is 10.1 Å². The molecule has 1 aliphatic carbocycles. The highest BCUT2D eigenvalue weighted by Gasteiger charge is 2.22. The maximum Gasteiger partial charge on any atom is 0.230 e. The molecule has 0 bridgehead atoms. The fraction of sp³-hybridized carbons (Fsp3) is 0.231. The van der Waals surface area contributed by atoms with E-state index < -0.39 is 0 Å². The van der Waals surface area contributed by atoms with E-state index in [-0.39, 0.29) is 11.9 Å². The van der Waals surface area contributed by atoms with Gasteiger partial charge in [-0.2, -0.15) is 0 Å². The summed E-state index contributed by atoms with van der Waals surface area (Å²) in [4.78, 5) is 17.7. The van der Waals surface area contributed by atoms with Crippen molar-refractivity contribution in [3.8, 4) is 11.4 Å². The SMILES string of the molecule is COc1ccc(-n2c(SCC(=O)NC3CCCc4ccccc43)nc3ccccc32)cc1. The van der Waals surface area contributed by atoms with E-state index in [2.05, 4.69) is 40.2 Å². The Morgan fingerprint density at radius 3 is 2.72 bits per heavy atom. The number of para-hydroxylation sites is 2. The lowest BCUT2D eigenvalue weighted by Crippen LogP contribution is -2.32. The van der Waals surface area contributed by atoms with Crippen LogP contribution in [0.5, 0.6) is 5.75 Å². The summed E-state index contributed by atoms with van der Waals surface area (Å²) in [7, 11) is 1.66. The second kappa shape index (κ2) is 9.09. The van der Waals surface area contributed by atoms with Crippen molar-refractivity contribution in [2.45, 2.75) is 30.5 Å². The molecule has 1 unspecified atom stereocenters. The molecule has 162 valence electrons. The van der Waals surface area contributed by atoms with Gasteiger partial charge in [0, 0.05) is 5.69 Å². The van der Waals surface area contributed by atoms with E-state index in [4.69, 9.17) is 9.72 Å². The number of thioether (sulfide) groups is 1. The van der Waals surface area contributed by atoms with Gasteiger partial charge in [-0.05, 0) is 66.8 Å². The fourth-order valence-electron chi connectivity index (χ4n) is 4.35. The number of nitrogens with zero attached hydrogens (tertiary/aromatic N) is 2. The maximum absolute atomic E-state index is 12.9. The standard InChI is InChI=1S/C26H25N3O2S/c1-31-20-15-13-19(14-16-20)29-24-12-5-4-10-23(24)28-26(29)32-17-25(30)27-22-11-6-8-18-7-2-3-9-21(18)22/h2-5,7,9-10,12-16,22H,6,8,11,17H2,1H3,(H,27,30). The van der Waals surface area contributed by atoms with Gasteiger partial charge >= 0.3 is 0 Å². The smallest absolute Gasteiger partial charge is 0.230 e. The number of carbonyl (C=O) groups is 1. The molecule has 0 spiro atoms. The van der Waals surface area contributed by atoms with Gasteiger partial charge in [-0.3, -0.25) is 9.36 Å². The maximum atomic E-state index is 12.9. The first-order chi connectivity index (χ1) is 15.7. The van der Waals surface area contributed by atoms with Crippen LogP contribution in [0.4, 0.5) is 0 Å². The van der Waals surface area contributed by atoms with Crippen molar-refractivity contribution in [2.75, 3.05) is 12.9 Å². The molecule has 1 atom stereocenters. The average molecular weight is 444 g/mol. The van der Waals surface area contributed by atoms with Crippen molar-refractivity contribution in [3.05, 3.63) is 83.9 Å². The zero-order valence-electron chi connectivity index (χ0n) is 18.0. The molecule has 5 rings (SSSR count). The number of carbonyl (C=O) groups excluding carboxylic acids is 1. The van der Waals surface area contributed by atoms with Crippen LogP contribution in [-0.4, -0.2) is 28.3 Å². The van der Waals surface area contributed by atoms with Gasteiger partial charge in [-0.25, -0.2) is 4.98 Å². The van der Waals surface area contributed by atoms with E-state index in [9.17, 15) is 4.79 Å². The molecule has 1 aliphatic rings. The van der Waals surface area contributed by atoms with E-state index in [1.807, 2.05) is 42.5 Å². The van der Waals surface area contributed by atoms with Gasteiger partial charge in [0.2, 0.25) is 5.91 Å². The van der Waals surface area contributed by atoms with Crippen molar-refractivity contribution >= 4 is 28.7 Å². The number of benzene rings is 3. The van der Waals surface area contributed by atoms with Gasteiger partial charge in [-0.15, -0.1) is 0 Å². The van der Waals surface area contributed by atoms with E-state index in [1.165, 1.54) is 22.9 Å². The highest BCUT2D eigenvalue weighted by atomic mass is 32.2. The molecule has 32 heavy (non-hydrogen) atoms. The summed E-state index contributed by atoms with van der Waals surface area (Å²) >= 11 is 1.46. The molecule has 6 heteroatoms. The number of nitrogens with one attached hydrogen (secondary N) is 1. The molecule has 0 saturated heterocycles. The minimum Gasteiger partial charge on any atom is -0.497 e. The van der Waals surface area contributed by atoms with Gasteiger partial charge in [0.15, 0.2) is 5.16 Å². The molecule has 1 N–H and O–H groups in total. The second-order valence-corrected chi connectivity index (χ2v) is 8.86. The van der Waals surface area contributed by atoms with Gasteiger partial charge in [0.25, 0.3) is 0 Å². The van der Waals surface area contributed by atoms with Crippen LogP contribution >= 0.6 is 11.8 Å². The van der Waals surface area contributed by atoms with Crippen LogP contribution in [0.1, 0.15) is 30.0 Å². The number of methoxy groups -OCH3 is 1. The summed E-state index contributed by atoms with van der Waals surface area (Å²) < 4.78 is 7.40. The third-order valence-corrected chi connectivity index (χ3v) is 6.84. The summed E-state index contributed by atoms with van der Waals surface area (Å²) in [5, 5.41) is 4.04. The molecule has 0 saturated carbocycles. The second-order valence-electron chi connectivity index (χ2n) is 7.92. The first kappa shape index (κ1) is 20.6. The van der Waals surface area contributed by atoms with Crippen LogP contribution in [0.2, 0.25) is 0 Å². The Morgan fingerprint density at radius 2 is 1.88 bits per heavy atom. The highest BCUT2D eigenvalue weighted by molar-refractivity contribution is 7.99. The number of fused-ring (bicyclic) bond motifs is 2. The number of aryl methyl sites for hydroxylation is 1. The van der Waals surface area contributed by atoms with Gasteiger partial charge in [0.05, 0.1) is 29.9 Å². The summed E-state index contributed by atoms with van der Waals surface area (Å²) in [6, 6.07) is 24.4. The summed E-state index contributed by atoms with van der Waals surface area (Å²) in [5.41, 5.74) is 5.51. The molecular formula is C26H25N3O2S. The minimum absolute atomic E-state index is 0.0324. The third kappa shape index (κ3) is 4.10. The Hall–Kier alpha value is -3.25. The van der Waals surface area contributed by atoms with Crippen molar-refractivity contribution in [3.63, 3.8) is 0 Å². The topological polar surface area (TPSA) is 56.1 Å². The van der Waals surface area contributed by atoms with E-state index in [1.54, 1.807) is 7.11 Å². The lowest BCUT2D eigenvalue weighted by atomic mass is 9.88. The van der Waals surface area contributed by atoms with Crippen molar-refractivity contribution < 1.29 is 9.53 Å². The number of aromatic nitrogens is 2. The third-order valence-electron chi connectivity index (χ3n) is 5.90. The van der Waals surface area contributed by atoms with Gasteiger partial charge in [-0.1, -0.05) is 48.2 Å². The van der Waals surface area contributed by atoms with Crippen LogP contribution in [0, 0.1) is 0 Å². The number of hydrogen-bond donors (Lipinski definition) is 1. The van der Waals surface area contributed by atoms with E-state index in [0.717, 1.165) is 46.9 Å². The number of imidazole rings is 1. The van der Waals surface area contributed by atoms with Crippen LogP contribution in [0.25, 0.3) is 16.7 Å². The minimum atomic E-state index is 0.0324. The molecule has 0 aliphatic heterocycles. The average Bonchev–Trinajstić information content (AvgIpc) is 3.21. The largest absolute Gasteiger partial charge is 0.497 e. The molecule has 1 aromatic heterocycles. The Balaban J connectivity index is 1.36. The lowest BCUT2D eigenvalue weighted by molar-refractivity contribution is -0.119. The summed E-state index contributed by atoms with van der Waals surface area (Å²) in [6.45, 7) is 0. The first-order valence-corrected chi connectivity index (χ1v) is 11.8. The molecule has 0 fully saturated rings. The Bertz CT molecular complexity index is 1250. The van der Waals surface area contributed by atoms with E-state index >= 15 is 0 Å². The predicted octanol–water partition coefficient (Wildman–Crippen LogP) is 5.32. The Morgan fingerprint density at radius 1 is 1.09 bits per heavy atom. The van der Waals surface area contributed by atoms with Crippen LogP contribution in [0.15, 0.2) is 78.0 Å². The molecule has 1 amide bonds. The van der Waals surface area contributed by atoms with Crippen LogP contribution in [-0.2, 0) is 11.2 Å². The molecular weight excluding hydrogens is 418 g/mol. The number of rotatable bonds is 6. The van der Waals surface area contributed by atoms with E-state index in [0.29, 0.717) is 5.75 Å². The zero-order chi connectivity index (χ0) is 21.9. The van der Waals surface area contributed by atoms with Crippen molar-refractivity contribution in [1.82, 2.24) is 14.9 Å². The summed E-state index contributed by atoms with van der Waals surface area (Å²) in [5.74, 6) is 1.16. The normalized spacial score (nSPS) is 15.3. The Labute approximate surface area is 191 Å². The number of amides is 1. The first-order valence-electron chi connectivity index (χ1n) is 10.8. The number of ether oxygens (including phenoxy) is 1. The highest BCUT2D eigenvalue weighted by Crippen LogP contribution is 2.31. The van der Waals surface area contributed by atoms with Crippen molar-refractivity contribution in [2.24, 2.45) is 0 Å². The molecule has 1 heterocycles. The van der Waals surface area contributed by atoms with Crippen LogP contribution in [0.3, 0.4) is 0 Å².